The van der Waals surface area contributed by atoms with Crippen LogP contribution in [0.3, 0.4) is 0 Å². The predicted octanol–water partition coefficient (Wildman–Crippen LogP) is 4.56. The van der Waals surface area contributed by atoms with E-state index in [1.807, 2.05) is 0 Å². The second-order valence-electron chi connectivity index (χ2n) is 7.74. The molecule has 0 aliphatic heterocycles. The smallest absolute Gasteiger partial charge is 0.328 e. The molecule has 0 saturated heterocycles. The first-order chi connectivity index (χ1) is 13.8. The van der Waals surface area contributed by atoms with Crippen molar-refractivity contribution in [2.75, 3.05) is 12.8 Å². The van der Waals surface area contributed by atoms with Gasteiger partial charge in [-0.05, 0) is 69.2 Å². The van der Waals surface area contributed by atoms with Gasteiger partial charge in [-0.3, -0.25) is 4.79 Å². The van der Waals surface area contributed by atoms with E-state index in [1.165, 1.54) is 36.2 Å². The normalized spacial score (nSPS) is 11.8. The van der Waals surface area contributed by atoms with Crippen molar-refractivity contribution in [3.8, 4) is 0 Å². The lowest BCUT2D eigenvalue weighted by atomic mass is 10.0. The van der Waals surface area contributed by atoms with Crippen molar-refractivity contribution in [1.29, 1.82) is 0 Å². The van der Waals surface area contributed by atoms with Crippen LogP contribution in [-0.4, -0.2) is 43.5 Å². The zero-order valence-electron chi connectivity index (χ0n) is 17.1. The van der Waals surface area contributed by atoms with Crippen LogP contribution in [0.15, 0.2) is 46.9 Å². The number of benzene rings is 2. The largest absolute Gasteiger partial charge is 0.425 e. The highest BCUT2D eigenvalue weighted by Crippen LogP contribution is 2.23. The zero-order valence-corrected chi connectivity index (χ0v) is 19.5. The van der Waals surface area contributed by atoms with Crippen molar-refractivity contribution in [2.24, 2.45) is 0 Å². The molecule has 1 amide bonds. The van der Waals surface area contributed by atoms with Gasteiger partial charge < -0.3 is 9.08 Å². The van der Waals surface area contributed by atoms with Gasteiger partial charge in [0.25, 0.3) is 0 Å². The highest BCUT2D eigenvalue weighted by Gasteiger charge is 2.27. The summed E-state index contributed by atoms with van der Waals surface area (Å²) in [4.78, 5) is 25.8. The number of rotatable bonds is 6. The molecular weight excluding hydrogens is 477 g/mol. The first-order valence-electron chi connectivity index (χ1n) is 9.09. The Kier molecular flexibility index (Phi) is 7.41. The van der Waals surface area contributed by atoms with Crippen LogP contribution in [0.5, 0.6) is 0 Å². The summed E-state index contributed by atoms with van der Waals surface area (Å²) in [6.45, 7) is 5.27. The minimum absolute atomic E-state index is 0.0957. The van der Waals surface area contributed by atoms with E-state index in [2.05, 4.69) is 20.1 Å². The van der Waals surface area contributed by atoms with Crippen molar-refractivity contribution >= 4 is 37.9 Å². The molecule has 0 unspecified atom stereocenters. The average molecular weight is 500 g/mol. The third-order valence-corrected chi connectivity index (χ3v) is 6.26. The van der Waals surface area contributed by atoms with Gasteiger partial charge in [0, 0.05) is 28.2 Å². The number of carbonyl (C=O) groups excluding carboxylic acids is 2. The molecule has 162 valence electrons. The number of aryl methyl sites for hydroxylation is 1. The molecule has 0 aliphatic carbocycles. The predicted molar refractivity (Wildman–Crippen MR) is 115 cm³/mol. The molecule has 0 saturated carbocycles. The number of hydrogen-bond acceptors (Lipinski definition) is 5. The van der Waals surface area contributed by atoms with E-state index in [9.17, 15) is 22.4 Å². The summed E-state index contributed by atoms with van der Waals surface area (Å²) in [7, 11) is -2.62. The van der Waals surface area contributed by atoms with Crippen molar-refractivity contribution in [1.82, 2.24) is 4.90 Å². The fourth-order valence-corrected chi connectivity index (χ4v) is 3.88. The maximum Gasteiger partial charge on any atom is 0.425 e. The Hall–Kier alpha value is -2.26. The third kappa shape index (κ3) is 6.37. The van der Waals surface area contributed by atoms with Crippen molar-refractivity contribution in [3.63, 3.8) is 0 Å². The molecule has 9 heteroatoms. The van der Waals surface area contributed by atoms with Crippen LogP contribution in [0.25, 0.3) is 0 Å². The molecule has 2 aromatic carbocycles. The Labute approximate surface area is 184 Å². The zero-order chi connectivity index (χ0) is 22.7. The molecule has 0 N–H and O–H groups in total. The van der Waals surface area contributed by atoms with Gasteiger partial charge in [-0.1, -0.05) is 22.0 Å². The summed E-state index contributed by atoms with van der Waals surface area (Å²) in [6.07, 6.45) is -0.845. The first-order valence-corrected chi connectivity index (χ1v) is 11.5. The van der Waals surface area contributed by atoms with Gasteiger partial charge in [0.2, 0.25) is 0 Å². The molecular formula is C21H23BrFNO5S. The van der Waals surface area contributed by atoms with Gasteiger partial charge in [0.15, 0.2) is 5.78 Å². The second kappa shape index (κ2) is 9.26. The minimum Gasteiger partial charge on any atom is -0.328 e. The van der Waals surface area contributed by atoms with Gasteiger partial charge in [0.05, 0.1) is 5.75 Å². The van der Waals surface area contributed by atoms with E-state index < -0.39 is 33.3 Å². The fraction of sp³-hybridized carbons (Fsp3) is 0.333. The number of amides is 1. The summed E-state index contributed by atoms with van der Waals surface area (Å²) in [5, 5.41) is 0. The average Bonchev–Trinajstić information content (AvgIpc) is 2.65. The maximum absolute atomic E-state index is 13.0. The Bertz CT molecular complexity index is 1050. The van der Waals surface area contributed by atoms with Gasteiger partial charge in [-0.2, -0.15) is 8.42 Å². The van der Waals surface area contributed by atoms with Crippen molar-refractivity contribution in [3.05, 3.63) is 69.4 Å². The lowest BCUT2D eigenvalue weighted by Gasteiger charge is -2.30. The molecule has 0 spiro atoms. The van der Waals surface area contributed by atoms with E-state index in [0.29, 0.717) is 21.2 Å². The Morgan fingerprint density at radius 1 is 1.10 bits per heavy atom. The minimum atomic E-state index is -4.08. The molecule has 0 aliphatic rings. The number of nitrogens with zero attached hydrogens (tertiary/aromatic N) is 1. The molecule has 2 aromatic rings. The molecule has 0 heterocycles. The lowest BCUT2D eigenvalue weighted by molar-refractivity contribution is 0.103. The number of hydrogen-bond donors (Lipinski definition) is 0. The van der Waals surface area contributed by atoms with Gasteiger partial charge in [0.1, 0.15) is 5.82 Å². The Morgan fingerprint density at radius 3 is 2.23 bits per heavy atom. The number of ketones is 1. The van der Waals surface area contributed by atoms with E-state index in [4.69, 9.17) is 0 Å². The van der Waals surface area contributed by atoms with E-state index >= 15 is 0 Å². The maximum atomic E-state index is 13.0. The Balaban J connectivity index is 2.06. The van der Waals surface area contributed by atoms with Crippen LogP contribution in [-0.2, 0) is 20.7 Å². The highest BCUT2D eigenvalue weighted by atomic mass is 79.9. The number of halogens is 2. The summed E-state index contributed by atoms with van der Waals surface area (Å²) < 4.78 is 42.5. The summed E-state index contributed by atoms with van der Waals surface area (Å²) >= 11 is 3.32. The molecule has 0 atom stereocenters. The fourth-order valence-electron chi connectivity index (χ4n) is 2.38. The third-order valence-electron chi connectivity index (χ3n) is 4.50. The van der Waals surface area contributed by atoms with Crippen LogP contribution in [0.1, 0.15) is 42.3 Å². The molecule has 0 aromatic heterocycles. The van der Waals surface area contributed by atoms with Crippen LogP contribution in [0, 0.1) is 5.82 Å². The Morgan fingerprint density at radius 2 is 1.70 bits per heavy atom. The molecule has 0 bridgehead atoms. The number of carbonyl (C=O) groups is 2. The monoisotopic (exact) mass is 499 g/mol. The standard InChI is InChI=1S/C21H23BrFNO5S/c1-21(2,3)24(4)20(26)29-30(27,28)12-11-14-5-10-17(18(22)13-14)19(25)15-6-8-16(23)9-7-15/h5-10,13H,11-12H2,1-4H3. The van der Waals surface area contributed by atoms with Crippen molar-refractivity contribution < 1.29 is 26.6 Å². The molecule has 2 rings (SSSR count). The molecule has 30 heavy (non-hydrogen) atoms. The highest BCUT2D eigenvalue weighted by molar-refractivity contribution is 9.10. The van der Waals surface area contributed by atoms with Crippen LogP contribution in [0.4, 0.5) is 9.18 Å². The van der Waals surface area contributed by atoms with Crippen LogP contribution >= 0.6 is 15.9 Å². The SMILES string of the molecule is CN(C(=O)OS(=O)(=O)CCc1ccc(C(=O)c2ccc(F)cc2)c(Br)c1)C(C)(C)C. The van der Waals surface area contributed by atoms with E-state index in [-0.39, 0.29) is 12.2 Å². The van der Waals surface area contributed by atoms with Gasteiger partial charge in [-0.15, -0.1) is 0 Å². The van der Waals surface area contributed by atoms with E-state index in [1.54, 1.807) is 39.0 Å². The topological polar surface area (TPSA) is 80.8 Å². The molecule has 6 nitrogen and oxygen atoms in total. The van der Waals surface area contributed by atoms with Crippen LogP contribution < -0.4 is 0 Å². The lowest BCUT2D eigenvalue weighted by Crippen LogP contribution is -2.43. The summed E-state index contributed by atoms with van der Waals surface area (Å²) in [5.74, 6) is -1.12. The summed E-state index contributed by atoms with van der Waals surface area (Å²) in [6, 6.07) is 10.0. The quantitative estimate of drug-likeness (QED) is 0.429. The van der Waals surface area contributed by atoms with E-state index in [0.717, 1.165) is 0 Å². The van der Waals surface area contributed by atoms with Gasteiger partial charge >= 0.3 is 16.2 Å². The van der Waals surface area contributed by atoms with Crippen molar-refractivity contribution in [2.45, 2.75) is 32.7 Å². The van der Waals surface area contributed by atoms with Crippen LogP contribution in [0.2, 0.25) is 0 Å². The summed E-state index contributed by atoms with van der Waals surface area (Å²) in [5.41, 5.74) is 0.764. The molecule has 0 radical (unpaired) electrons. The second-order valence-corrected chi connectivity index (χ2v) is 10.3. The van der Waals surface area contributed by atoms with Gasteiger partial charge in [-0.25, -0.2) is 9.18 Å². The molecule has 0 fully saturated rings. The first kappa shape index (κ1) is 24.0.